The minimum absolute atomic E-state index is 0.241. The molecule has 0 radical (unpaired) electrons. The number of rotatable bonds is 9. The van der Waals surface area contributed by atoms with Crippen molar-refractivity contribution in [2.24, 2.45) is 5.10 Å². The molecule has 2 heterocycles. The molecule has 1 aliphatic rings. The van der Waals surface area contributed by atoms with Crippen molar-refractivity contribution in [3.05, 3.63) is 69.4 Å². The lowest BCUT2D eigenvalue weighted by molar-refractivity contribution is 0.122. The van der Waals surface area contributed by atoms with Gasteiger partial charge in [-0.3, -0.25) is 0 Å². The van der Waals surface area contributed by atoms with E-state index >= 15 is 0 Å². The molecule has 1 saturated heterocycles. The van der Waals surface area contributed by atoms with Gasteiger partial charge in [0.15, 0.2) is 0 Å². The third kappa shape index (κ3) is 6.96. The van der Waals surface area contributed by atoms with Crippen LogP contribution in [0.25, 0.3) is 0 Å². The van der Waals surface area contributed by atoms with Gasteiger partial charge in [-0.25, -0.2) is 9.82 Å². The fraction of sp³-hybridized carbons (Fsp3) is 0.217. The van der Waals surface area contributed by atoms with Crippen molar-refractivity contribution < 1.29 is 13.9 Å². The van der Waals surface area contributed by atoms with E-state index in [0.29, 0.717) is 56.2 Å². The van der Waals surface area contributed by atoms with E-state index in [9.17, 15) is 4.39 Å². The van der Waals surface area contributed by atoms with Crippen molar-refractivity contribution in [2.75, 3.05) is 48.6 Å². The van der Waals surface area contributed by atoms with E-state index in [4.69, 9.17) is 9.47 Å². The Labute approximate surface area is 218 Å². The Balaban J connectivity index is 1.59. The molecule has 2 N–H and O–H groups in total. The van der Waals surface area contributed by atoms with Gasteiger partial charge in [-0.2, -0.15) is 20.1 Å². The number of ether oxygens (including phenoxy) is 2. The number of anilines is 4. The zero-order chi connectivity index (χ0) is 24.6. The fourth-order valence-electron chi connectivity index (χ4n) is 3.17. The zero-order valence-corrected chi connectivity index (χ0v) is 21.7. The summed E-state index contributed by atoms with van der Waals surface area (Å²) in [6, 6.07) is 9.69. The number of benzene rings is 2. The van der Waals surface area contributed by atoms with E-state index in [1.54, 1.807) is 24.4 Å². The van der Waals surface area contributed by atoms with Crippen molar-refractivity contribution in [1.29, 1.82) is 0 Å². The van der Waals surface area contributed by atoms with E-state index in [2.05, 4.69) is 69.2 Å². The molecule has 0 unspecified atom stereocenters. The summed E-state index contributed by atoms with van der Waals surface area (Å²) in [5.74, 6) is 1.32. The van der Waals surface area contributed by atoms with Gasteiger partial charge in [0.1, 0.15) is 18.2 Å². The van der Waals surface area contributed by atoms with E-state index in [0.717, 1.165) is 14.5 Å². The van der Waals surface area contributed by atoms with Gasteiger partial charge in [-0.05, 0) is 52.3 Å². The van der Waals surface area contributed by atoms with Crippen LogP contribution in [0, 0.1) is 5.82 Å². The Morgan fingerprint density at radius 2 is 1.86 bits per heavy atom. The van der Waals surface area contributed by atoms with Crippen molar-refractivity contribution in [2.45, 2.75) is 0 Å². The highest BCUT2D eigenvalue weighted by atomic mass is 79.9. The number of nitrogens with zero attached hydrogens (tertiary/aromatic N) is 5. The third-order valence-electron chi connectivity index (χ3n) is 4.77. The van der Waals surface area contributed by atoms with Crippen LogP contribution < -0.4 is 20.4 Å². The standard InChI is InChI=1S/C23H22Br2FN7O2/c1-2-9-35-20-15(12-16(24)13-19(20)25)14-27-32-22-29-21(28-18-5-3-17(26)4-6-18)30-23(31-22)33-7-10-34-11-8-33/h2-6,12-14H,1,7-11H2,(H2,28,29,30,31,32)/b27-14+. The summed E-state index contributed by atoms with van der Waals surface area (Å²) in [4.78, 5) is 15.4. The van der Waals surface area contributed by atoms with Gasteiger partial charge in [0.05, 0.1) is 23.9 Å². The smallest absolute Gasteiger partial charge is 0.250 e. The molecule has 0 amide bonds. The molecule has 35 heavy (non-hydrogen) atoms. The molecular weight excluding hydrogens is 585 g/mol. The summed E-state index contributed by atoms with van der Waals surface area (Å²) in [5.41, 5.74) is 4.24. The number of hydrogen-bond donors (Lipinski definition) is 2. The highest BCUT2D eigenvalue weighted by Gasteiger charge is 2.17. The summed E-state index contributed by atoms with van der Waals surface area (Å²) >= 11 is 7.00. The van der Waals surface area contributed by atoms with Gasteiger partial charge in [-0.15, -0.1) is 0 Å². The molecule has 0 aliphatic carbocycles. The number of aromatic nitrogens is 3. The summed E-state index contributed by atoms with van der Waals surface area (Å²) in [6.45, 7) is 6.51. The molecule has 0 bridgehead atoms. The highest BCUT2D eigenvalue weighted by molar-refractivity contribution is 9.11. The summed E-state index contributed by atoms with van der Waals surface area (Å²) in [5, 5.41) is 7.40. The molecule has 4 rings (SSSR count). The molecule has 9 nitrogen and oxygen atoms in total. The lowest BCUT2D eigenvalue weighted by Crippen LogP contribution is -2.37. The average Bonchev–Trinajstić information content (AvgIpc) is 2.85. The number of hydrogen-bond acceptors (Lipinski definition) is 9. The van der Waals surface area contributed by atoms with Crippen LogP contribution in [0.3, 0.4) is 0 Å². The normalized spacial score (nSPS) is 13.6. The molecule has 0 spiro atoms. The van der Waals surface area contributed by atoms with Crippen LogP contribution in [-0.2, 0) is 4.74 Å². The topological polar surface area (TPSA) is 96.8 Å². The lowest BCUT2D eigenvalue weighted by Gasteiger charge is -2.27. The maximum Gasteiger partial charge on any atom is 0.250 e. The van der Waals surface area contributed by atoms with Crippen molar-refractivity contribution >= 4 is 61.6 Å². The molecule has 12 heteroatoms. The Morgan fingerprint density at radius 1 is 1.11 bits per heavy atom. The predicted octanol–water partition coefficient (Wildman–Crippen LogP) is 5.13. The molecule has 1 aliphatic heterocycles. The minimum Gasteiger partial charge on any atom is -0.488 e. The van der Waals surface area contributed by atoms with Gasteiger partial charge < -0.3 is 19.7 Å². The minimum atomic E-state index is -0.326. The molecular formula is C23H22Br2FN7O2. The van der Waals surface area contributed by atoms with Crippen LogP contribution in [-0.4, -0.2) is 54.1 Å². The summed E-state index contributed by atoms with van der Waals surface area (Å²) in [7, 11) is 0. The quantitative estimate of drug-likeness (QED) is 0.197. The maximum absolute atomic E-state index is 13.3. The van der Waals surface area contributed by atoms with Crippen LogP contribution in [0.4, 0.5) is 27.9 Å². The lowest BCUT2D eigenvalue weighted by atomic mass is 10.2. The van der Waals surface area contributed by atoms with Crippen LogP contribution in [0.5, 0.6) is 5.75 Å². The fourth-order valence-corrected chi connectivity index (χ4v) is 4.54. The molecule has 1 aromatic heterocycles. The van der Waals surface area contributed by atoms with Crippen molar-refractivity contribution in [3.8, 4) is 5.75 Å². The number of halogens is 3. The molecule has 0 atom stereocenters. The second-order valence-corrected chi connectivity index (χ2v) is 9.06. The summed E-state index contributed by atoms with van der Waals surface area (Å²) < 4.78 is 26.1. The van der Waals surface area contributed by atoms with Crippen molar-refractivity contribution in [1.82, 2.24) is 15.0 Å². The number of morpholine rings is 1. The second-order valence-electron chi connectivity index (χ2n) is 7.29. The predicted molar refractivity (Wildman–Crippen MR) is 141 cm³/mol. The van der Waals surface area contributed by atoms with Gasteiger partial charge in [0.2, 0.25) is 17.8 Å². The van der Waals surface area contributed by atoms with Gasteiger partial charge in [0, 0.05) is 28.8 Å². The SMILES string of the molecule is C=CCOc1c(Br)cc(Br)cc1/C=N/Nc1nc(Nc2ccc(F)cc2)nc(N2CCOCC2)n1. The first kappa shape index (κ1) is 25.0. The van der Waals surface area contributed by atoms with Crippen LogP contribution in [0.15, 0.2) is 63.1 Å². The Hall–Kier alpha value is -3.09. The van der Waals surface area contributed by atoms with Crippen LogP contribution in [0.1, 0.15) is 5.56 Å². The van der Waals surface area contributed by atoms with E-state index in [-0.39, 0.29) is 11.8 Å². The van der Waals surface area contributed by atoms with Crippen molar-refractivity contribution in [3.63, 3.8) is 0 Å². The Bertz CT molecular complexity index is 1210. The second kappa shape index (κ2) is 12.0. The Morgan fingerprint density at radius 3 is 2.60 bits per heavy atom. The van der Waals surface area contributed by atoms with Crippen LogP contribution >= 0.6 is 31.9 Å². The highest BCUT2D eigenvalue weighted by Crippen LogP contribution is 2.32. The van der Waals surface area contributed by atoms with Gasteiger partial charge in [0.25, 0.3) is 0 Å². The zero-order valence-electron chi connectivity index (χ0n) is 18.5. The van der Waals surface area contributed by atoms with E-state index in [1.165, 1.54) is 12.1 Å². The number of hydrazone groups is 1. The molecule has 1 fully saturated rings. The van der Waals surface area contributed by atoms with Crippen LogP contribution in [0.2, 0.25) is 0 Å². The molecule has 182 valence electrons. The molecule has 3 aromatic rings. The first-order valence-electron chi connectivity index (χ1n) is 10.6. The molecule has 2 aromatic carbocycles. The largest absolute Gasteiger partial charge is 0.488 e. The third-order valence-corrected chi connectivity index (χ3v) is 5.82. The summed E-state index contributed by atoms with van der Waals surface area (Å²) in [6.07, 6.45) is 3.28. The van der Waals surface area contributed by atoms with Gasteiger partial charge in [-0.1, -0.05) is 28.6 Å². The van der Waals surface area contributed by atoms with Gasteiger partial charge >= 0.3 is 0 Å². The number of nitrogens with one attached hydrogen (secondary N) is 2. The first-order valence-corrected chi connectivity index (χ1v) is 12.2. The Kier molecular flexibility index (Phi) is 8.61. The first-order chi connectivity index (χ1) is 17.0. The maximum atomic E-state index is 13.3. The average molecular weight is 607 g/mol. The van der Waals surface area contributed by atoms with E-state index < -0.39 is 0 Å². The monoisotopic (exact) mass is 605 g/mol. The van der Waals surface area contributed by atoms with E-state index in [1.807, 2.05) is 17.0 Å². The molecule has 0 saturated carbocycles.